The number of rotatable bonds is 5. The average Bonchev–Trinajstić information content (AvgIpc) is 2.18. The van der Waals surface area contributed by atoms with Gasteiger partial charge in [0.25, 0.3) is 5.24 Å². The summed E-state index contributed by atoms with van der Waals surface area (Å²) in [6.07, 6.45) is 2.48. The van der Waals surface area contributed by atoms with E-state index in [9.17, 15) is 4.79 Å². The number of nitrogens with one attached hydrogen (secondary N) is 1. The van der Waals surface area contributed by atoms with Crippen molar-refractivity contribution in [3.8, 4) is 0 Å². The number of hydrogen-bond acceptors (Lipinski definition) is 2. The molecule has 1 N–H and O–H groups in total. The first-order chi connectivity index (χ1) is 7.13. The molecule has 0 atom stereocenters. The summed E-state index contributed by atoms with van der Waals surface area (Å²) in [5.41, 5.74) is 2.28. The number of hydrogen-bond donors (Lipinski definition) is 1. The van der Waals surface area contributed by atoms with Crippen LogP contribution in [0.3, 0.4) is 0 Å². The van der Waals surface area contributed by atoms with Crippen molar-refractivity contribution < 1.29 is 4.79 Å². The molecule has 1 aromatic rings. The van der Waals surface area contributed by atoms with Gasteiger partial charge in [0.1, 0.15) is 0 Å². The molecule has 0 unspecified atom stereocenters. The van der Waals surface area contributed by atoms with Gasteiger partial charge in [-0.2, -0.15) is 0 Å². The number of carbonyl (C=O) groups excluding carboxylic acids is 1. The highest BCUT2D eigenvalue weighted by Gasteiger charge is 2.02. The normalized spacial score (nSPS) is 9.38. The van der Waals surface area contributed by atoms with Gasteiger partial charge in [-0.15, -0.1) is 12.4 Å². The molecule has 0 aromatic heterocycles. The second kappa shape index (κ2) is 7.42. The first-order valence-electron chi connectivity index (χ1n) is 4.98. The van der Waals surface area contributed by atoms with Crippen LogP contribution in [0.15, 0.2) is 24.3 Å². The summed E-state index contributed by atoms with van der Waals surface area (Å²) < 4.78 is 0. The topological polar surface area (TPSA) is 40.9 Å². The van der Waals surface area contributed by atoms with Crippen molar-refractivity contribution in [2.45, 2.75) is 26.2 Å². The third-order valence-corrected chi connectivity index (χ3v) is 2.37. The van der Waals surface area contributed by atoms with Crippen molar-refractivity contribution in [1.29, 1.82) is 5.41 Å². The summed E-state index contributed by atoms with van der Waals surface area (Å²) in [6, 6.07) is 7.09. The minimum absolute atomic E-state index is 0. The molecule has 88 valence electrons. The lowest BCUT2D eigenvalue weighted by atomic mass is 10.0. The molecule has 0 amide bonds. The molecule has 1 rings (SSSR count). The second-order valence-electron chi connectivity index (χ2n) is 3.50. The third kappa shape index (κ3) is 4.77. The molecule has 1 aromatic carbocycles. The maximum atomic E-state index is 10.8. The molecule has 0 radical (unpaired) electrons. The maximum Gasteiger partial charge on any atom is 0.252 e. The Labute approximate surface area is 107 Å². The summed E-state index contributed by atoms with van der Waals surface area (Å²) in [4.78, 5) is 10.8. The van der Waals surface area contributed by atoms with Crippen LogP contribution < -0.4 is 0 Å². The fourth-order valence-electron chi connectivity index (χ4n) is 1.39. The monoisotopic (exact) mass is 259 g/mol. The fraction of sp³-hybridized carbons (Fsp3) is 0.333. The molecule has 4 heteroatoms. The van der Waals surface area contributed by atoms with Gasteiger partial charge in [0.05, 0.1) is 0 Å². The quantitative estimate of drug-likeness (QED) is 0.634. The molecule has 0 bridgehead atoms. The van der Waals surface area contributed by atoms with E-state index >= 15 is 0 Å². The van der Waals surface area contributed by atoms with Crippen LogP contribution in [0.25, 0.3) is 0 Å². The minimum atomic E-state index is -0.440. The highest BCUT2D eigenvalue weighted by molar-refractivity contribution is 6.67. The predicted octanol–water partition coefficient (Wildman–Crippen LogP) is 3.85. The predicted molar refractivity (Wildman–Crippen MR) is 70.2 cm³/mol. The first-order valence-corrected chi connectivity index (χ1v) is 5.36. The van der Waals surface area contributed by atoms with E-state index in [0.717, 1.165) is 24.1 Å². The van der Waals surface area contributed by atoms with Crippen LogP contribution in [0, 0.1) is 5.41 Å². The molecule has 16 heavy (non-hydrogen) atoms. The van der Waals surface area contributed by atoms with Gasteiger partial charge in [-0.25, -0.2) is 0 Å². The van der Waals surface area contributed by atoms with Crippen LogP contribution in [-0.4, -0.2) is 11.0 Å². The van der Waals surface area contributed by atoms with Crippen LogP contribution >= 0.6 is 24.0 Å². The molecule has 0 heterocycles. The van der Waals surface area contributed by atoms with Crippen molar-refractivity contribution in [1.82, 2.24) is 0 Å². The summed E-state index contributed by atoms with van der Waals surface area (Å²) in [7, 11) is 0. The molecule has 0 aliphatic heterocycles. The Morgan fingerprint density at radius 2 is 1.88 bits per heavy atom. The van der Waals surface area contributed by atoms with E-state index in [1.807, 2.05) is 12.1 Å². The van der Waals surface area contributed by atoms with Crippen LogP contribution in [0.5, 0.6) is 0 Å². The van der Waals surface area contributed by atoms with Crippen molar-refractivity contribution >= 4 is 35.0 Å². The lowest BCUT2D eigenvalue weighted by Gasteiger charge is -2.03. The number of halogens is 2. The van der Waals surface area contributed by atoms with Gasteiger partial charge in [0.2, 0.25) is 0 Å². The Hall–Kier alpha value is -0.860. The zero-order valence-corrected chi connectivity index (χ0v) is 10.7. The van der Waals surface area contributed by atoms with Gasteiger partial charge >= 0.3 is 0 Å². The Morgan fingerprint density at radius 3 is 2.31 bits per heavy atom. The van der Waals surface area contributed by atoms with Crippen LogP contribution in [0.1, 0.15) is 35.7 Å². The fourth-order valence-corrected chi connectivity index (χ4v) is 1.52. The van der Waals surface area contributed by atoms with Crippen molar-refractivity contribution in [3.05, 3.63) is 35.4 Å². The lowest BCUT2D eigenvalue weighted by Crippen LogP contribution is -2.01. The van der Waals surface area contributed by atoms with Crippen molar-refractivity contribution in [2.24, 2.45) is 0 Å². The van der Waals surface area contributed by atoms with Crippen LogP contribution in [0.4, 0.5) is 0 Å². The zero-order chi connectivity index (χ0) is 11.3. The molecular formula is C12H15Cl2NO. The van der Waals surface area contributed by atoms with Crippen molar-refractivity contribution in [2.75, 3.05) is 0 Å². The lowest BCUT2D eigenvalue weighted by molar-refractivity contribution is 0.108. The van der Waals surface area contributed by atoms with Gasteiger partial charge in [-0.1, -0.05) is 25.5 Å². The van der Waals surface area contributed by atoms with Gasteiger partial charge in [0.15, 0.2) is 0 Å². The van der Waals surface area contributed by atoms with Gasteiger partial charge in [-0.05, 0) is 35.7 Å². The van der Waals surface area contributed by atoms with E-state index < -0.39 is 5.24 Å². The smallest absolute Gasteiger partial charge is 0.252 e. The summed E-state index contributed by atoms with van der Waals surface area (Å²) >= 11 is 5.33. The van der Waals surface area contributed by atoms with Crippen LogP contribution in [-0.2, 0) is 6.42 Å². The molecule has 0 spiro atoms. The Balaban J connectivity index is 0.00000225. The molecule has 0 saturated heterocycles. The molecule has 0 saturated carbocycles. The highest BCUT2D eigenvalue weighted by atomic mass is 35.5. The molecular weight excluding hydrogens is 245 g/mol. The molecule has 0 aliphatic rings. The number of carbonyl (C=O) groups is 1. The van der Waals surface area contributed by atoms with Crippen molar-refractivity contribution in [3.63, 3.8) is 0 Å². The summed E-state index contributed by atoms with van der Waals surface area (Å²) in [6.45, 7) is 2.06. The largest absolute Gasteiger partial charge is 0.309 e. The Morgan fingerprint density at radius 1 is 1.31 bits per heavy atom. The van der Waals surface area contributed by atoms with E-state index in [0.29, 0.717) is 12.0 Å². The first kappa shape index (κ1) is 15.1. The molecule has 0 aliphatic carbocycles. The second-order valence-corrected chi connectivity index (χ2v) is 3.84. The molecule has 0 fully saturated rings. The summed E-state index contributed by atoms with van der Waals surface area (Å²) in [5.74, 6) is 0. The average molecular weight is 260 g/mol. The van der Waals surface area contributed by atoms with E-state index in [2.05, 4.69) is 6.92 Å². The van der Waals surface area contributed by atoms with E-state index in [1.54, 1.807) is 12.1 Å². The maximum absolute atomic E-state index is 10.8. The SMILES string of the molecule is CCCC(=N)Cc1ccc(C(=O)Cl)cc1.Cl. The Bertz CT molecular complexity index is 360. The minimum Gasteiger partial charge on any atom is -0.309 e. The van der Waals surface area contributed by atoms with E-state index in [4.69, 9.17) is 17.0 Å². The number of benzene rings is 1. The Kier molecular flexibility index (Phi) is 7.02. The zero-order valence-electron chi connectivity index (χ0n) is 9.13. The van der Waals surface area contributed by atoms with Gasteiger partial charge < -0.3 is 5.41 Å². The summed E-state index contributed by atoms with van der Waals surface area (Å²) in [5, 5.41) is 7.23. The highest BCUT2D eigenvalue weighted by Crippen LogP contribution is 2.09. The molecule has 2 nitrogen and oxygen atoms in total. The van der Waals surface area contributed by atoms with E-state index in [1.165, 1.54) is 0 Å². The van der Waals surface area contributed by atoms with Gasteiger partial charge in [-0.3, -0.25) is 4.79 Å². The van der Waals surface area contributed by atoms with Crippen LogP contribution in [0.2, 0.25) is 0 Å². The third-order valence-electron chi connectivity index (χ3n) is 2.15. The van der Waals surface area contributed by atoms with Gasteiger partial charge in [0, 0.05) is 17.7 Å². The van der Waals surface area contributed by atoms with E-state index in [-0.39, 0.29) is 12.4 Å². The standard InChI is InChI=1S/C12H14ClNO.ClH/c1-2-3-11(14)8-9-4-6-10(7-5-9)12(13)15;/h4-7,14H,2-3,8H2,1H3;1H.